The largest absolute Gasteiger partial charge is 0.496 e. The van der Waals surface area contributed by atoms with E-state index in [2.05, 4.69) is 15.5 Å². The molecule has 2 aromatic carbocycles. The van der Waals surface area contributed by atoms with Crippen molar-refractivity contribution in [1.29, 1.82) is 0 Å². The van der Waals surface area contributed by atoms with Gasteiger partial charge in [0.2, 0.25) is 5.91 Å². The number of carboxylic acids is 1. The molecule has 1 atom stereocenters. The molecule has 8 nitrogen and oxygen atoms in total. The van der Waals surface area contributed by atoms with Gasteiger partial charge in [-0.3, -0.25) is 9.59 Å². The number of nitrogens with zero attached hydrogens (tertiary/aromatic N) is 2. The fourth-order valence-corrected chi connectivity index (χ4v) is 3.96. The minimum atomic E-state index is -1.04. The SMILES string of the molecule is COc1ccc(C=NN=C2NC(=O)C(CC(=O)O)S2)cc1COc1ccc(Cl)cc1C. The molecule has 0 bridgehead atoms. The summed E-state index contributed by atoms with van der Waals surface area (Å²) in [6.07, 6.45) is 1.26. The maximum Gasteiger partial charge on any atom is 0.305 e. The van der Waals surface area contributed by atoms with Gasteiger partial charge in [-0.25, -0.2) is 0 Å². The third kappa shape index (κ3) is 6.22. The van der Waals surface area contributed by atoms with E-state index >= 15 is 0 Å². The van der Waals surface area contributed by atoms with E-state index in [0.717, 1.165) is 34.2 Å². The number of carbonyl (C=O) groups is 2. The molecule has 162 valence electrons. The lowest BCUT2D eigenvalue weighted by molar-refractivity contribution is -0.138. The number of carboxylic acid groups (broad SMARTS) is 1. The summed E-state index contributed by atoms with van der Waals surface area (Å²) in [4.78, 5) is 22.5. The van der Waals surface area contributed by atoms with Crippen molar-refractivity contribution in [1.82, 2.24) is 5.32 Å². The average Bonchev–Trinajstić information content (AvgIpc) is 3.06. The molecule has 31 heavy (non-hydrogen) atoms. The zero-order valence-electron chi connectivity index (χ0n) is 16.8. The summed E-state index contributed by atoms with van der Waals surface area (Å²) in [7, 11) is 1.58. The number of hydrogen-bond acceptors (Lipinski definition) is 7. The highest BCUT2D eigenvalue weighted by Crippen LogP contribution is 2.26. The van der Waals surface area contributed by atoms with E-state index in [1.54, 1.807) is 19.2 Å². The molecule has 10 heteroatoms. The van der Waals surface area contributed by atoms with E-state index < -0.39 is 11.2 Å². The number of aliphatic carboxylic acids is 1. The van der Waals surface area contributed by atoms with Crippen molar-refractivity contribution in [2.24, 2.45) is 10.2 Å². The molecule has 1 heterocycles. The van der Waals surface area contributed by atoms with Crippen LogP contribution < -0.4 is 14.8 Å². The van der Waals surface area contributed by atoms with Crippen LogP contribution in [-0.2, 0) is 16.2 Å². The molecule has 2 aromatic rings. The van der Waals surface area contributed by atoms with Gasteiger partial charge in [0.1, 0.15) is 23.4 Å². The van der Waals surface area contributed by atoms with Gasteiger partial charge in [-0.2, -0.15) is 5.10 Å². The normalized spacial score (nSPS) is 17.2. The molecule has 1 fully saturated rings. The second-order valence-corrected chi connectivity index (χ2v) is 8.24. The summed E-state index contributed by atoms with van der Waals surface area (Å²) in [5, 5.41) is 19.5. The van der Waals surface area contributed by atoms with Gasteiger partial charge in [0.05, 0.1) is 19.7 Å². The summed E-state index contributed by atoms with van der Waals surface area (Å²) < 4.78 is 11.3. The number of methoxy groups -OCH3 is 1. The van der Waals surface area contributed by atoms with Crippen molar-refractivity contribution in [3.05, 3.63) is 58.1 Å². The van der Waals surface area contributed by atoms with Gasteiger partial charge in [-0.1, -0.05) is 23.4 Å². The Kier molecular flexibility index (Phi) is 7.54. The maximum atomic E-state index is 11.7. The predicted molar refractivity (Wildman–Crippen MR) is 120 cm³/mol. The van der Waals surface area contributed by atoms with Crippen LogP contribution in [0.25, 0.3) is 0 Å². The molecule has 0 aliphatic carbocycles. The van der Waals surface area contributed by atoms with E-state index in [1.165, 1.54) is 6.21 Å². The molecular weight excluding hydrogens is 442 g/mol. The van der Waals surface area contributed by atoms with Crippen molar-refractivity contribution in [3.63, 3.8) is 0 Å². The zero-order chi connectivity index (χ0) is 22.4. The lowest BCUT2D eigenvalue weighted by Gasteiger charge is -2.12. The van der Waals surface area contributed by atoms with Crippen LogP contribution in [0.2, 0.25) is 5.02 Å². The van der Waals surface area contributed by atoms with Gasteiger partial charge < -0.3 is 19.9 Å². The first-order valence-electron chi connectivity index (χ1n) is 9.22. The van der Waals surface area contributed by atoms with Crippen LogP contribution in [0.5, 0.6) is 11.5 Å². The van der Waals surface area contributed by atoms with Gasteiger partial charge in [0, 0.05) is 10.6 Å². The van der Waals surface area contributed by atoms with Crippen LogP contribution >= 0.6 is 23.4 Å². The van der Waals surface area contributed by atoms with E-state index in [4.69, 9.17) is 26.2 Å². The van der Waals surface area contributed by atoms with E-state index in [1.807, 2.05) is 31.2 Å². The van der Waals surface area contributed by atoms with Crippen molar-refractivity contribution >= 4 is 46.6 Å². The molecule has 1 aliphatic rings. The smallest absolute Gasteiger partial charge is 0.305 e. The molecule has 1 amide bonds. The Bertz CT molecular complexity index is 1060. The number of carbonyl (C=O) groups excluding carboxylic acids is 1. The highest BCUT2D eigenvalue weighted by atomic mass is 35.5. The Morgan fingerprint density at radius 3 is 2.77 bits per heavy atom. The van der Waals surface area contributed by atoms with Crippen molar-refractivity contribution in [3.8, 4) is 11.5 Å². The number of nitrogens with one attached hydrogen (secondary N) is 1. The monoisotopic (exact) mass is 461 g/mol. The highest BCUT2D eigenvalue weighted by Gasteiger charge is 2.32. The number of halogens is 1. The molecular formula is C21H20ClN3O5S. The fourth-order valence-electron chi connectivity index (χ4n) is 2.81. The molecule has 3 rings (SSSR count). The zero-order valence-corrected chi connectivity index (χ0v) is 18.4. The summed E-state index contributed by atoms with van der Waals surface area (Å²) in [6.45, 7) is 2.20. The minimum absolute atomic E-state index is 0.266. The molecule has 0 aromatic heterocycles. The molecule has 2 N–H and O–H groups in total. The van der Waals surface area contributed by atoms with Gasteiger partial charge in [-0.05, 0) is 54.4 Å². The third-order valence-electron chi connectivity index (χ3n) is 4.32. The Balaban J connectivity index is 1.68. The Labute approximate surface area is 188 Å². The van der Waals surface area contributed by atoms with Crippen LogP contribution in [0, 0.1) is 6.92 Å². The van der Waals surface area contributed by atoms with Crippen LogP contribution in [0.1, 0.15) is 23.1 Å². The lowest BCUT2D eigenvalue weighted by Crippen LogP contribution is -2.26. The first-order chi connectivity index (χ1) is 14.9. The first kappa shape index (κ1) is 22.6. The number of benzene rings is 2. The minimum Gasteiger partial charge on any atom is -0.496 e. The van der Waals surface area contributed by atoms with E-state index in [-0.39, 0.29) is 24.1 Å². The summed E-state index contributed by atoms with van der Waals surface area (Å²) in [5.74, 6) is -0.0334. The molecule has 0 radical (unpaired) electrons. The van der Waals surface area contributed by atoms with Gasteiger partial charge in [0.25, 0.3) is 0 Å². The summed E-state index contributed by atoms with van der Waals surface area (Å²) in [5.41, 5.74) is 2.50. The number of amides is 1. The molecule has 1 unspecified atom stereocenters. The van der Waals surface area contributed by atoms with Crippen molar-refractivity contribution in [2.75, 3.05) is 7.11 Å². The van der Waals surface area contributed by atoms with E-state index in [0.29, 0.717) is 10.8 Å². The number of ether oxygens (including phenoxy) is 2. The third-order valence-corrected chi connectivity index (χ3v) is 5.62. The summed E-state index contributed by atoms with van der Waals surface area (Å²) in [6, 6.07) is 10.9. The number of thioether (sulfide) groups is 1. The maximum absolute atomic E-state index is 11.7. The highest BCUT2D eigenvalue weighted by molar-refractivity contribution is 8.15. The Morgan fingerprint density at radius 2 is 2.06 bits per heavy atom. The molecule has 0 saturated carbocycles. The van der Waals surface area contributed by atoms with E-state index in [9.17, 15) is 9.59 Å². The number of amidine groups is 1. The van der Waals surface area contributed by atoms with Crippen LogP contribution in [0.15, 0.2) is 46.6 Å². The second-order valence-electron chi connectivity index (χ2n) is 6.61. The first-order valence-corrected chi connectivity index (χ1v) is 10.5. The fraction of sp³-hybridized carbons (Fsp3) is 0.238. The van der Waals surface area contributed by atoms with Crippen LogP contribution in [0.3, 0.4) is 0 Å². The average molecular weight is 462 g/mol. The number of rotatable bonds is 8. The predicted octanol–water partition coefficient (Wildman–Crippen LogP) is 3.63. The lowest BCUT2D eigenvalue weighted by atomic mass is 10.1. The molecule has 0 spiro atoms. The van der Waals surface area contributed by atoms with Crippen molar-refractivity contribution < 1.29 is 24.2 Å². The number of hydrogen-bond donors (Lipinski definition) is 2. The van der Waals surface area contributed by atoms with Crippen LogP contribution in [-0.4, -0.2) is 40.7 Å². The standard InChI is InChI=1S/C21H20ClN3O5S/c1-12-7-15(22)4-6-16(12)30-11-14-8-13(3-5-17(14)29-2)10-23-25-21-24-20(28)18(31-21)9-19(26)27/h3-8,10,18H,9,11H2,1-2H3,(H,26,27)(H,24,25,28). The van der Waals surface area contributed by atoms with Crippen LogP contribution in [0.4, 0.5) is 0 Å². The summed E-state index contributed by atoms with van der Waals surface area (Å²) >= 11 is 7.03. The molecule has 1 saturated heterocycles. The topological polar surface area (TPSA) is 110 Å². The van der Waals surface area contributed by atoms with Gasteiger partial charge >= 0.3 is 5.97 Å². The second kappa shape index (κ2) is 10.3. The number of aryl methyl sites for hydroxylation is 1. The quantitative estimate of drug-likeness (QED) is 0.459. The van der Waals surface area contributed by atoms with Gasteiger partial charge in [-0.15, -0.1) is 5.10 Å². The Hall–Kier alpha value is -3.04. The van der Waals surface area contributed by atoms with Crippen molar-refractivity contribution in [2.45, 2.75) is 25.2 Å². The molecule has 1 aliphatic heterocycles. The Morgan fingerprint density at radius 1 is 1.29 bits per heavy atom. The van der Waals surface area contributed by atoms with Gasteiger partial charge in [0.15, 0.2) is 5.17 Å².